The van der Waals surface area contributed by atoms with Crippen molar-refractivity contribution in [1.82, 2.24) is 0 Å². The summed E-state index contributed by atoms with van der Waals surface area (Å²) in [5, 5.41) is 0. The second-order valence-corrected chi connectivity index (χ2v) is 7.37. The predicted molar refractivity (Wildman–Crippen MR) is 95.9 cm³/mol. The number of halogens is 1. The fraction of sp³-hybridized carbons (Fsp3) is 1.00. The Labute approximate surface area is 128 Å². The second-order valence-electron chi connectivity index (χ2n) is 4.69. The Morgan fingerprint density at radius 3 is 1.11 bits per heavy atom. The lowest BCUT2D eigenvalue weighted by Gasteiger charge is -2.16. The number of hydrogen-bond acceptors (Lipinski definition) is 1. The van der Waals surface area contributed by atoms with Crippen molar-refractivity contribution in [2.24, 2.45) is 5.73 Å². The molecule has 0 heterocycles. The summed E-state index contributed by atoms with van der Waals surface area (Å²) in [6.45, 7) is 9.81. The van der Waals surface area contributed by atoms with E-state index in [-0.39, 0.29) is 17.0 Å². The molecule has 0 rings (SSSR count). The minimum atomic E-state index is 0. The van der Waals surface area contributed by atoms with Crippen LogP contribution >= 0.6 is 24.9 Å². The van der Waals surface area contributed by atoms with Crippen LogP contribution in [0.5, 0.6) is 0 Å². The van der Waals surface area contributed by atoms with Crippen LogP contribution in [0, 0.1) is 0 Å². The molecule has 18 heavy (non-hydrogen) atoms. The van der Waals surface area contributed by atoms with E-state index in [1.165, 1.54) is 38.5 Å². The van der Waals surface area contributed by atoms with Crippen LogP contribution < -0.4 is 5.73 Å². The summed E-state index contributed by atoms with van der Waals surface area (Å²) in [6, 6.07) is 0. The van der Waals surface area contributed by atoms with Gasteiger partial charge < -0.3 is 5.73 Å². The molecule has 114 valence electrons. The van der Waals surface area contributed by atoms with Gasteiger partial charge in [0.2, 0.25) is 0 Å². The first-order valence-corrected chi connectivity index (χ1v) is 9.58. The highest BCUT2D eigenvalue weighted by molar-refractivity contribution is 8.93. The molecule has 0 unspecified atom stereocenters. The van der Waals surface area contributed by atoms with Crippen molar-refractivity contribution >= 4 is 24.9 Å². The molecule has 0 aliphatic carbocycles. The molecule has 2 N–H and O–H groups in total. The Morgan fingerprint density at radius 1 is 0.667 bits per heavy atom. The van der Waals surface area contributed by atoms with E-state index in [2.05, 4.69) is 27.7 Å². The van der Waals surface area contributed by atoms with E-state index in [1.807, 2.05) is 0 Å². The van der Waals surface area contributed by atoms with Gasteiger partial charge >= 0.3 is 0 Å². The highest BCUT2D eigenvalue weighted by Crippen LogP contribution is 2.38. The summed E-state index contributed by atoms with van der Waals surface area (Å²) in [7, 11) is 0.422. The monoisotopic (exact) mass is 341 g/mol. The third-order valence-electron chi connectivity index (χ3n) is 2.77. The first-order valence-electron chi connectivity index (χ1n) is 7.69. The van der Waals surface area contributed by atoms with E-state index >= 15 is 0 Å². The molecule has 0 saturated carbocycles. The molecule has 0 bridgehead atoms. The highest BCUT2D eigenvalue weighted by atomic mass is 79.9. The van der Waals surface area contributed by atoms with Crippen molar-refractivity contribution in [2.75, 3.05) is 25.0 Å². The standard InChI is InChI=1S/C12H27P.C3H9N.BrH/c1-4-7-10-13(11-8-5-2)12-9-6-3;1-2-3-4;/h4-12H2,1-3H3;2-4H2,1H3;1H. The van der Waals surface area contributed by atoms with Gasteiger partial charge in [-0.05, 0) is 50.7 Å². The molecular weight excluding hydrogens is 305 g/mol. The van der Waals surface area contributed by atoms with Gasteiger partial charge in [0.1, 0.15) is 0 Å². The summed E-state index contributed by atoms with van der Waals surface area (Å²) in [4.78, 5) is 0. The quantitative estimate of drug-likeness (QED) is 0.499. The summed E-state index contributed by atoms with van der Waals surface area (Å²) < 4.78 is 0. The van der Waals surface area contributed by atoms with Gasteiger partial charge in [-0.2, -0.15) is 0 Å². The van der Waals surface area contributed by atoms with Crippen LogP contribution in [0.15, 0.2) is 0 Å². The first-order chi connectivity index (χ1) is 8.26. The van der Waals surface area contributed by atoms with Gasteiger partial charge in [-0.15, -0.1) is 24.9 Å². The Morgan fingerprint density at radius 2 is 0.944 bits per heavy atom. The molecule has 0 aromatic carbocycles. The Hall–Kier alpha value is 0.870. The largest absolute Gasteiger partial charge is 0.330 e. The summed E-state index contributed by atoms with van der Waals surface area (Å²) in [5.41, 5.74) is 5.03. The van der Waals surface area contributed by atoms with Crippen molar-refractivity contribution in [3.63, 3.8) is 0 Å². The van der Waals surface area contributed by atoms with E-state index < -0.39 is 0 Å². The van der Waals surface area contributed by atoms with E-state index in [4.69, 9.17) is 5.73 Å². The van der Waals surface area contributed by atoms with Crippen LogP contribution in [0.4, 0.5) is 0 Å². The molecule has 0 aromatic heterocycles. The SMILES string of the molecule is Br.CCCCP(CCCC)CCCC.CCCN. The average molecular weight is 342 g/mol. The van der Waals surface area contributed by atoms with Gasteiger partial charge in [-0.3, -0.25) is 0 Å². The van der Waals surface area contributed by atoms with Crippen molar-refractivity contribution in [2.45, 2.75) is 72.6 Å². The number of nitrogens with two attached hydrogens (primary N) is 1. The van der Waals surface area contributed by atoms with Crippen LogP contribution in [0.2, 0.25) is 0 Å². The molecule has 0 radical (unpaired) electrons. The third-order valence-corrected chi connectivity index (χ3v) is 5.62. The topological polar surface area (TPSA) is 26.0 Å². The summed E-state index contributed by atoms with van der Waals surface area (Å²) in [5.74, 6) is 0. The summed E-state index contributed by atoms with van der Waals surface area (Å²) >= 11 is 0. The van der Waals surface area contributed by atoms with E-state index in [0.717, 1.165) is 13.0 Å². The molecule has 0 aromatic rings. The van der Waals surface area contributed by atoms with E-state index in [1.54, 1.807) is 18.5 Å². The van der Waals surface area contributed by atoms with E-state index in [0.29, 0.717) is 7.92 Å². The molecule has 0 atom stereocenters. The molecule has 0 fully saturated rings. The maximum Gasteiger partial charge on any atom is -0.00799 e. The normalized spacial score (nSPS) is 9.67. The fourth-order valence-corrected chi connectivity index (χ4v) is 4.44. The minimum absolute atomic E-state index is 0. The number of hydrogen-bond donors (Lipinski definition) is 1. The molecule has 0 aliphatic heterocycles. The molecule has 0 saturated heterocycles. The molecule has 0 aliphatic rings. The van der Waals surface area contributed by atoms with Crippen molar-refractivity contribution in [3.05, 3.63) is 0 Å². The van der Waals surface area contributed by atoms with Gasteiger partial charge in [0.25, 0.3) is 0 Å². The van der Waals surface area contributed by atoms with Gasteiger partial charge in [0.15, 0.2) is 0 Å². The third kappa shape index (κ3) is 22.1. The Kier molecular flexibility index (Phi) is 30.6. The number of unbranched alkanes of at least 4 members (excludes halogenated alkanes) is 3. The molecule has 3 heteroatoms. The first kappa shape index (κ1) is 23.9. The van der Waals surface area contributed by atoms with Gasteiger partial charge in [-0.25, -0.2) is 0 Å². The minimum Gasteiger partial charge on any atom is -0.330 e. The van der Waals surface area contributed by atoms with Crippen LogP contribution in [0.1, 0.15) is 72.6 Å². The van der Waals surface area contributed by atoms with Crippen LogP contribution in [0.25, 0.3) is 0 Å². The zero-order chi connectivity index (χ0) is 13.4. The molecular formula is C15H37BrNP. The zero-order valence-electron chi connectivity index (χ0n) is 13.2. The second kappa shape index (κ2) is 23.0. The fourth-order valence-electron chi connectivity index (χ4n) is 1.48. The lowest BCUT2D eigenvalue weighted by atomic mass is 10.4. The lowest BCUT2D eigenvalue weighted by molar-refractivity contribution is 0.847. The average Bonchev–Trinajstić information content (AvgIpc) is 2.38. The van der Waals surface area contributed by atoms with Crippen LogP contribution in [-0.2, 0) is 0 Å². The van der Waals surface area contributed by atoms with Crippen LogP contribution in [-0.4, -0.2) is 25.0 Å². The Bertz CT molecular complexity index is 102. The van der Waals surface area contributed by atoms with Gasteiger partial charge in [0.05, 0.1) is 0 Å². The molecule has 0 amide bonds. The molecule has 0 spiro atoms. The van der Waals surface area contributed by atoms with Crippen molar-refractivity contribution < 1.29 is 0 Å². The number of rotatable bonds is 10. The highest BCUT2D eigenvalue weighted by Gasteiger charge is 2.05. The zero-order valence-corrected chi connectivity index (χ0v) is 15.8. The van der Waals surface area contributed by atoms with Crippen molar-refractivity contribution in [3.8, 4) is 0 Å². The maximum atomic E-state index is 5.03. The molecule has 1 nitrogen and oxygen atoms in total. The van der Waals surface area contributed by atoms with Gasteiger partial charge in [-0.1, -0.05) is 47.0 Å². The van der Waals surface area contributed by atoms with Crippen LogP contribution in [0.3, 0.4) is 0 Å². The van der Waals surface area contributed by atoms with Gasteiger partial charge in [0, 0.05) is 0 Å². The lowest BCUT2D eigenvalue weighted by Crippen LogP contribution is -1.95. The maximum absolute atomic E-state index is 5.03. The summed E-state index contributed by atoms with van der Waals surface area (Å²) in [6.07, 6.45) is 14.3. The van der Waals surface area contributed by atoms with Crippen molar-refractivity contribution in [1.29, 1.82) is 0 Å². The smallest absolute Gasteiger partial charge is 0.00799 e. The predicted octanol–water partition coefficient (Wildman–Crippen LogP) is 5.80. The van der Waals surface area contributed by atoms with E-state index in [9.17, 15) is 0 Å². The Balaban J connectivity index is -0.000000392.